The molecule has 1 fully saturated rings. The first-order valence-corrected chi connectivity index (χ1v) is 8.07. The molecular formula is C20H22O2. The monoisotopic (exact) mass is 294 g/mol. The molecule has 2 aromatic carbocycles. The number of ether oxygens (including phenoxy) is 1. The van der Waals surface area contributed by atoms with Gasteiger partial charge in [0.15, 0.2) is 5.78 Å². The van der Waals surface area contributed by atoms with Gasteiger partial charge in [0, 0.05) is 5.92 Å². The van der Waals surface area contributed by atoms with Gasteiger partial charge >= 0.3 is 0 Å². The van der Waals surface area contributed by atoms with Crippen molar-refractivity contribution in [3.8, 4) is 16.9 Å². The van der Waals surface area contributed by atoms with Crippen molar-refractivity contribution in [3.63, 3.8) is 0 Å². The molecule has 2 heteroatoms. The van der Waals surface area contributed by atoms with E-state index in [0.717, 1.165) is 42.4 Å². The molecule has 0 heterocycles. The van der Waals surface area contributed by atoms with E-state index in [2.05, 4.69) is 12.1 Å². The Labute approximate surface area is 132 Å². The highest BCUT2D eigenvalue weighted by Gasteiger charge is 2.25. The molecule has 1 saturated carbocycles. The van der Waals surface area contributed by atoms with E-state index in [9.17, 15) is 4.79 Å². The summed E-state index contributed by atoms with van der Waals surface area (Å²) < 4.78 is 5.43. The number of carbonyl (C=O) groups excluding carboxylic acids is 1. The van der Waals surface area contributed by atoms with Gasteiger partial charge in [-0.1, -0.05) is 55.7 Å². The van der Waals surface area contributed by atoms with E-state index in [-0.39, 0.29) is 11.7 Å². The molecule has 0 spiro atoms. The van der Waals surface area contributed by atoms with Gasteiger partial charge in [0.2, 0.25) is 0 Å². The lowest BCUT2D eigenvalue weighted by molar-refractivity contribution is 0.0886. The molecule has 0 bridgehead atoms. The Morgan fingerprint density at radius 3 is 2.36 bits per heavy atom. The van der Waals surface area contributed by atoms with Crippen molar-refractivity contribution in [1.82, 2.24) is 0 Å². The van der Waals surface area contributed by atoms with Crippen LogP contribution in [0.3, 0.4) is 0 Å². The molecule has 2 nitrogen and oxygen atoms in total. The minimum atomic E-state index is 0.161. The van der Waals surface area contributed by atoms with Crippen molar-refractivity contribution in [3.05, 3.63) is 54.1 Å². The van der Waals surface area contributed by atoms with Gasteiger partial charge in [-0.15, -0.1) is 0 Å². The van der Waals surface area contributed by atoms with Crippen molar-refractivity contribution in [2.45, 2.75) is 32.1 Å². The van der Waals surface area contributed by atoms with Crippen molar-refractivity contribution in [1.29, 1.82) is 0 Å². The summed E-state index contributed by atoms with van der Waals surface area (Å²) >= 11 is 0. The molecule has 0 amide bonds. The van der Waals surface area contributed by atoms with Crippen LogP contribution in [0.2, 0.25) is 0 Å². The zero-order chi connectivity index (χ0) is 15.4. The van der Waals surface area contributed by atoms with E-state index >= 15 is 0 Å². The number of benzene rings is 2. The molecule has 0 saturated heterocycles. The number of hydrogen-bond donors (Lipinski definition) is 0. The van der Waals surface area contributed by atoms with E-state index in [1.165, 1.54) is 6.42 Å². The molecule has 1 aliphatic carbocycles. The van der Waals surface area contributed by atoms with Crippen LogP contribution in [0.4, 0.5) is 0 Å². The number of hydrogen-bond acceptors (Lipinski definition) is 2. The summed E-state index contributed by atoms with van der Waals surface area (Å²) in [5, 5.41) is 0. The number of methoxy groups -OCH3 is 1. The van der Waals surface area contributed by atoms with Gasteiger partial charge in [0.05, 0.1) is 12.7 Å². The third kappa shape index (κ3) is 3.06. The van der Waals surface area contributed by atoms with Gasteiger partial charge in [-0.25, -0.2) is 0 Å². The maximum Gasteiger partial charge on any atom is 0.169 e. The minimum Gasteiger partial charge on any atom is -0.496 e. The first-order valence-electron chi connectivity index (χ1n) is 8.07. The van der Waals surface area contributed by atoms with Gasteiger partial charge in [0.1, 0.15) is 5.75 Å². The fourth-order valence-corrected chi connectivity index (χ4v) is 3.30. The summed E-state index contributed by atoms with van der Waals surface area (Å²) in [5.41, 5.74) is 2.93. The Morgan fingerprint density at radius 2 is 1.68 bits per heavy atom. The fourth-order valence-electron chi connectivity index (χ4n) is 3.30. The van der Waals surface area contributed by atoms with E-state index < -0.39 is 0 Å². The van der Waals surface area contributed by atoms with Gasteiger partial charge < -0.3 is 4.74 Å². The highest BCUT2D eigenvalue weighted by atomic mass is 16.5. The Morgan fingerprint density at radius 1 is 0.955 bits per heavy atom. The molecular weight excluding hydrogens is 272 g/mol. The molecule has 0 N–H and O–H groups in total. The highest BCUT2D eigenvalue weighted by Crippen LogP contribution is 2.32. The Balaban J connectivity index is 1.96. The fraction of sp³-hybridized carbons (Fsp3) is 0.350. The summed E-state index contributed by atoms with van der Waals surface area (Å²) in [6.07, 6.45) is 5.61. The normalized spacial score (nSPS) is 15.5. The molecule has 2 aromatic rings. The standard InChI is InChI=1S/C20H22O2/c1-22-19-13-12-17(15-8-4-2-5-9-15)14-18(19)20(21)16-10-6-3-7-11-16/h2,4-5,8-9,12-14,16H,3,6-7,10-11H2,1H3. The molecule has 1 aliphatic rings. The van der Waals surface area contributed by atoms with Crippen LogP contribution in [0, 0.1) is 5.92 Å². The molecule has 0 atom stereocenters. The van der Waals surface area contributed by atoms with Gasteiger partial charge in [-0.3, -0.25) is 4.79 Å². The van der Waals surface area contributed by atoms with Crippen LogP contribution in [0.1, 0.15) is 42.5 Å². The Bertz CT molecular complexity index is 640. The third-order valence-corrected chi connectivity index (χ3v) is 4.55. The van der Waals surface area contributed by atoms with E-state index in [1.807, 2.05) is 36.4 Å². The Hall–Kier alpha value is -2.09. The van der Waals surface area contributed by atoms with Crippen LogP contribution in [0.15, 0.2) is 48.5 Å². The zero-order valence-electron chi connectivity index (χ0n) is 13.0. The average molecular weight is 294 g/mol. The smallest absolute Gasteiger partial charge is 0.169 e. The lowest BCUT2D eigenvalue weighted by Gasteiger charge is -2.21. The number of ketones is 1. The van der Waals surface area contributed by atoms with Crippen LogP contribution >= 0.6 is 0 Å². The minimum absolute atomic E-state index is 0.161. The summed E-state index contributed by atoms with van der Waals surface area (Å²) in [7, 11) is 1.63. The SMILES string of the molecule is COc1ccc(-c2ccccc2)cc1C(=O)C1CCCCC1. The van der Waals surface area contributed by atoms with Crippen molar-refractivity contribution in [2.24, 2.45) is 5.92 Å². The van der Waals surface area contributed by atoms with Gasteiger partial charge in [0.25, 0.3) is 0 Å². The number of carbonyl (C=O) groups is 1. The van der Waals surface area contributed by atoms with Crippen LogP contribution in [-0.4, -0.2) is 12.9 Å². The third-order valence-electron chi connectivity index (χ3n) is 4.55. The second-order valence-electron chi connectivity index (χ2n) is 5.98. The zero-order valence-corrected chi connectivity index (χ0v) is 13.0. The predicted molar refractivity (Wildman–Crippen MR) is 89.3 cm³/mol. The summed E-state index contributed by atoms with van der Waals surface area (Å²) in [6, 6.07) is 16.1. The van der Waals surface area contributed by atoms with Crippen LogP contribution in [0.5, 0.6) is 5.75 Å². The summed E-state index contributed by atoms with van der Waals surface area (Å²) in [4.78, 5) is 12.9. The molecule has 114 valence electrons. The van der Waals surface area contributed by atoms with Crippen molar-refractivity contribution < 1.29 is 9.53 Å². The summed E-state index contributed by atoms with van der Waals surface area (Å²) in [6.45, 7) is 0. The van der Waals surface area contributed by atoms with Crippen molar-refractivity contribution >= 4 is 5.78 Å². The van der Waals surface area contributed by atoms with Gasteiger partial charge in [-0.05, 0) is 36.1 Å². The first kappa shape index (κ1) is 14.8. The first-order chi connectivity index (χ1) is 10.8. The molecule has 0 aliphatic heterocycles. The van der Waals surface area contributed by atoms with E-state index in [0.29, 0.717) is 5.75 Å². The van der Waals surface area contributed by atoms with Crippen LogP contribution < -0.4 is 4.74 Å². The van der Waals surface area contributed by atoms with Crippen LogP contribution in [-0.2, 0) is 0 Å². The number of rotatable bonds is 4. The molecule has 0 radical (unpaired) electrons. The lowest BCUT2D eigenvalue weighted by Crippen LogP contribution is -2.18. The quantitative estimate of drug-likeness (QED) is 0.731. The second kappa shape index (κ2) is 6.78. The van der Waals surface area contributed by atoms with Crippen molar-refractivity contribution in [2.75, 3.05) is 7.11 Å². The number of Topliss-reactive ketones (excluding diaryl/α,β-unsaturated/α-hetero) is 1. The largest absolute Gasteiger partial charge is 0.496 e. The second-order valence-corrected chi connectivity index (χ2v) is 5.98. The lowest BCUT2D eigenvalue weighted by atomic mass is 9.83. The highest BCUT2D eigenvalue weighted by molar-refractivity contribution is 6.01. The van der Waals surface area contributed by atoms with E-state index in [1.54, 1.807) is 7.11 Å². The van der Waals surface area contributed by atoms with Gasteiger partial charge in [-0.2, -0.15) is 0 Å². The molecule has 0 unspecified atom stereocenters. The maximum atomic E-state index is 12.9. The van der Waals surface area contributed by atoms with Crippen LogP contribution in [0.25, 0.3) is 11.1 Å². The topological polar surface area (TPSA) is 26.3 Å². The predicted octanol–water partition coefficient (Wildman–Crippen LogP) is 5.13. The molecule has 22 heavy (non-hydrogen) atoms. The average Bonchev–Trinajstić information content (AvgIpc) is 2.62. The summed E-state index contributed by atoms with van der Waals surface area (Å²) in [5.74, 6) is 1.10. The Kier molecular flexibility index (Phi) is 4.57. The molecule has 0 aromatic heterocycles. The van der Waals surface area contributed by atoms with E-state index in [4.69, 9.17) is 4.74 Å². The molecule has 3 rings (SSSR count). The maximum absolute atomic E-state index is 12.9.